The van der Waals surface area contributed by atoms with Crippen molar-refractivity contribution in [1.29, 1.82) is 0 Å². The predicted octanol–water partition coefficient (Wildman–Crippen LogP) is 1.64. The van der Waals surface area contributed by atoms with Gasteiger partial charge < -0.3 is 9.47 Å². The van der Waals surface area contributed by atoms with Crippen molar-refractivity contribution in [2.75, 3.05) is 40.9 Å². The van der Waals surface area contributed by atoms with E-state index in [-0.39, 0.29) is 5.92 Å². The molecule has 1 atom stereocenters. The van der Waals surface area contributed by atoms with Gasteiger partial charge in [-0.1, -0.05) is 0 Å². The number of methoxy groups -OCH3 is 1. The van der Waals surface area contributed by atoms with Crippen LogP contribution in [0.25, 0.3) is 0 Å². The van der Waals surface area contributed by atoms with E-state index in [0.29, 0.717) is 26.1 Å². The minimum absolute atomic E-state index is 0.118. The molecule has 1 unspecified atom stereocenters. The molecule has 1 saturated heterocycles. The largest absolute Gasteiger partial charge is 0.497 e. The van der Waals surface area contributed by atoms with E-state index in [0.717, 1.165) is 29.3 Å². The number of H-pyrrole nitrogens is 1. The Morgan fingerprint density at radius 2 is 1.96 bits per heavy atom. The number of rotatable bonds is 8. The van der Waals surface area contributed by atoms with E-state index in [1.165, 1.54) is 8.61 Å². The van der Waals surface area contributed by atoms with Gasteiger partial charge in [-0.3, -0.25) is 5.10 Å². The van der Waals surface area contributed by atoms with E-state index in [9.17, 15) is 8.42 Å². The summed E-state index contributed by atoms with van der Waals surface area (Å²) < 4.78 is 38.1. The minimum atomic E-state index is -3.36. The summed E-state index contributed by atoms with van der Waals surface area (Å²) in [5, 5.41) is 7.41. The molecule has 2 aromatic rings. The van der Waals surface area contributed by atoms with E-state index >= 15 is 0 Å². The standard InChI is InChI=1S/C18H26N4O4S/c1-21(2)27(23,24)22-10-8-14(13-22)18-12-15(19-20-18)9-11-26-17-6-4-16(25-3)5-7-17/h4-7,12,14H,8-11,13H2,1-3H3,(H,19,20). The van der Waals surface area contributed by atoms with Crippen LogP contribution in [0.2, 0.25) is 0 Å². The summed E-state index contributed by atoms with van der Waals surface area (Å²) in [6, 6.07) is 9.47. The second kappa shape index (κ2) is 8.28. The zero-order chi connectivity index (χ0) is 19.4. The number of aromatic amines is 1. The molecule has 9 heteroatoms. The van der Waals surface area contributed by atoms with Crippen LogP contribution in [0.1, 0.15) is 23.7 Å². The first kappa shape index (κ1) is 19.7. The number of nitrogens with one attached hydrogen (secondary N) is 1. The second-order valence-electron chi connectivity index (χ2n) is 6.73. The Balaban J connectivity index is 1.51. The molecule has 148 valence electrons. The molecule has 1 aliphatic rings. The summed E-state index contributed by atoms with van der Waals surface area (Å²) in [5.41, 5.74) is 1.89. The van der Waals surface area contributed by atoms with Crippen LogP contribution in [0.15, 0.2) is 30.3 Å². The molecule has 1 aromatic heterocycles. The normalized spacial score (nSPS) is 18.1. The fourth-order valence-electron chi connectivity index (χ4n) is 3.08. The minimum Gasteiger partial charge on any atom is -0.497 e. The molecule has 1 fully saturated rings. The maximum atomic E-state index is 12.2. The van der Waals surface area contributed by atoms with Crippen LogP contribution >= 0.6 is 0 Å². The topological polar surface area (TPSA) is 87.8 Å². The summed E-state index contributed by atoms with van der Waals surface area (Å²) in [6.45, 7) is 1.51. The number of aromatic nitrogens is 2. The van der Waals surface area contributed by atoms with Gasteiger partial charge in [0.15, 0.2) is 0 Å². The van der Waals surface area contributed by atoms with Gasteiger partial charge in [0.05, 0.1) is 19.4 Å². The molecule has 0 radical (unpaired) electrons. The Labute approximate surface area is 160 Å². The summed E-state index contributed by atoms with van der Waals surface area (Å²) in [5.74, 6) is 1.70. The van der Waals surface area contributed by atoms with E-state index < -0.39 is 10.2 Å². The van der Waals surface area contributed by atoms with Crippen LogP contribution in [0.5, 0.6) is 11.5 Å². The highest BCUT2D eigenvalue weighted by molar-refractivity contribution is 7.86. The first-order chi connectivity index (χ1) is 12.9. The number of ether oxygens (including phenoxy) is 2. The third-order valence-electron chi connectivity index (χ3n) is 4.71. The first-order valence-electron chi connectivity index (χ1n) is 8.89. The molecular formula is C18H26N4O4S. The SMILES string of the molecule is COc1ccc(OCCc2cc(C3CCN(S(=O)(=O)N(C)C)C3)n[nH]2)cc1. The quantitative estimate of drug-likeness (QED) is 0.735. The van der Waals surface area contributed by atoms with Crippen molar-refractivity contribution in [3.8, 4) is 11.5 Å². The molecule has 0 aliphatic carbocycles. The lowest BCUT2D eigenvalue weighted by molar-refractivity contribution is 0.319. The van der Waals surface area contributed by atoms with Gasteiger partial charge in [0, 0.05) is 45.2 Å². The van der Waals surface area contributed by atoms with Crippen LogP contribution in [-0.2, 0) is 16.6 Å². The lowest BCUT2D eigenvalue weighted by Gasteiger charge is -2.20. The van der Waals surface area contributed by atoms with Gasteiger partial charge in [-0.25, -0.2) is 0 Å². The highest BCUT2D eigenvalue weighted by Gasteiger charge is 2.34. The Hall–Kier alpha value is -2.10. The van der Waals surface area contributed by atoms with Crippen molar-refractivity contribution in [2.45, 2.75) is 18.8 Å². The maximum Gasteiger partial charge on any atom is 0.281 e. The summed E-state index contributed by atoms with van der Waals surface area (Å²) >= 11 is 0. The van der Waals surface area contributed by atoms with Crippen LogP contribution in [0.3, 0.4) is 0 Å². The van der Waals surface area contributed by atoms with Gasteiger partial charge in [-0.05, 0) is 36.8 Å². The molecule has 1 N–H and O–H groups in total. The second-order valence-corrected chi connectivity index (χ2v) is 8.87. The maximum absolute atomic E-state index is 12.2. The Morgan fingerprint density at radius 3 is 2.63 bits per heavy atom. The molecule has 8 nitrogen and oxygen atoms in total. The third-order valence-corrected chi connectivity index (χ3v) is 6.61. The molecule has 0 spiro atoms. The number of hydrogen-bond acceptors (Lipinski definition) is 5. The van der Waals surface area contributed by atoms with Crippen molar-refractivity contribution >= 4 is 10.2 Å². The molecule has 2 heterocycles. The molecule has 0 amide bonds. The lowest BCUT2D eigenvalue weighted by atomic mass is 10.0. The molecule has 0 saturated carbocycles. The van der Waals surface area contributed by atoms with Crippen molar-refractivity contribution in [2.24, 2.45) is 0 Å². The van der Waals surface area contributed by atoms with Crippen LogP contribution in [0.4, 0.5) is 0 Å². The zero-order valence-corrected chi connectivity index (χ0v) is 16.7. The van der Waals surface area contributed by atoms with Gasteiger partial charge in [-0.2, -0.15) is 22.1 Å². The molecule has 0 bridgehead atoms. The highest BCUT2D eigenvalue weighted by Crippen LogP contribution is 2.28. The van der Waals surface area contributed by atoms with Gasteiger partial charge in [0.1, 0.15) is 11.5 Å². The molecule has 1 aliphatic heterocycles. The third kappa shape index (κ3) is 4.60. The van der Waals surface area contributed by atoms with Crippen LogP contribution in [-0.4, -0.2) is 68.1 Å². The fraction of sp³-hybridized carbons (Fsp3) is 0.500. The summed E-state index contributed by atoms with van der Waals surface area (Å²) in [7, 11) is 1.38. The van der Waals surface area contributed by atoms with Gasteiger partial charge in [0.25, 0.3) is 10.2 Å². The smallest absolute Gasteiger partial charge is 0.281 e. The van der Waals surface area contributed by atoms with Crippen LogP contribution in [0, 0.1) is 0 Å². The fourth-order valence-corrected chi connectivity index (χ4v) is 4.24. The van der Waals surface area contributed by atoms with E-state index in [1.807, 2.05) is 30.3 Å². The number of benzene rings is 1. The van der Waals surface area contributed by atoms with Gasteiger partial charge >= 0.3 is 0 Å². The van der Waals surface area contributed by atoms with Crippen molar-refractivity contribution in [3.05, 3.63) is 41.7 Å². The van der Waals surface area contributed by atoms with Crippen molar-refractivity contribution in [1.82, 2.24) is 18.8 Å². The van der Waals surface area contributed by atoms with Gasteiger partial charge in [-0.15, -0.1) is 0 Å². The van der Waals surface area contributed by atoms with E-state index in [4.69, 9.17) is 9.47 Å². The predicted molar refractivity (Wildman–Crippen MR) is 102 cm³/mol. The summed E-state index contributed by atoms with van der Waals surface area (Å²) in [6.07, 6.45) is 1.48. The zero-order valence-electron chi connectivity index (χ0n) is 15.9. The van der Waals surface area contributed by atoms with Crippen molar-refractivity contribution in [3.63, 3.8) is 0 Å². The average molecular weight is 394 g/mol. The molecular weight excluding hydrogens is 368 g/mol. The van der Waals surface area contributed by atoms with Crippen molar-refractivity contribution < 1.29 is 17.9 Å². The lowest BCUT2D eigenvalue weighted by Crippen LogP contribution is -2.38. The first-order valence-corrected chi connectivity index (χ1v) is 10.3. The number of nitrogens with zero attached hydrogens (tertiary/aromatic N) is 3. The average Bonchev–Trinajstić information content (AvgIpc) is 3.32. The van der Waals surface area contributed by atoms with E-state index in [1.54, 1.807) is 21.2 Å². The molecule has 27 heavy (non-hydrogen) atoms. The Bertz CT molecular complexity index is 849. The molecule has 1 aromatic carbocycles. The Morgan fingerprint density at radius 1 is 1.26 bits per heavy atom. The molecule has 3 rings (SSSR count). The number of hydrogen-bond donors (Lipinski definition) is 1. The monoisotopic (exact) mass is 394 g/mol. The van der Waals surface area contributed by atoms with Crippen LogP contribution < -0.4 is 9.47 Å². The van der Waals surface area contributed by atoms with Gasteiger partial charge in [0.2, 0.25) is 0 Å². The summed E-state index contributed by atoms with van der Waals surface area (Å²) in [4.78, 5) is 0. The highest BCUT2D eigenvalue weighted by atomic mass is 32.2. The Kier molecular flexibility index (Phi) is 6.03. The van der Waals surface area contributed by atoms with E-state index in [2.05, 4.69) is 10.2 Å².